The lowest BCUT2D eigenvalue weighted by Crippen LogP contribution is -2.20. The van der Waals surface area contributed by atoms with E-state index in [-0.39, 0.29) is 16.7 Å². The van der Waals surface area contributed by atoms with Crippen LogP contribution in [0.1, 0.15) is 25.7 Å². The first kappa shape index (κ1) is 17.8. The third kappa shape index (κ3) is 4.32. The van der Waals surface area contributed by atoms with Gasteiger partial charge in [0, 0.05) is 11.6 Å². The number of benzene rings is 2. The number of amides is 1. The Kier molecular flexibility index (Phi) is 5.30. The lowest BCUT2D eigenvalue weighted by atomic mass is 10.1. The summed E-state index contributed by atoms with van der Waals surface area (Å²) in [6, 6.07) is 12.8. The average Bonchev–Trinajstić information content (AvgIpc) is 3.12. The van der Waals surface area contributed by atoms with Crippen LogP contribution in [-0.2, 0) is 14.8 Å². The molecular formula is C18H19ClN2O3S. The summed E-state index contributed by atoms with van der Waals surface area (Å²) in [7, 11) is -3.80. The van der Waals surface area contributed by atoms with Crippen LogP contribution in [-0.4, -0.2) is 14.3 Å². The van der Waals surface area contributed by atoms with Crippen molar-refractivity contribution in [3.63, 3.8) is 0 Å². The zero-order chi connectivity index (χ0) is 17.9. The highest BCUT2D eigenvalue weighted by atomic mass is 35.5. The molecule has 0 saturated heterocycles. The summed E-state index contributed by atoms with van der Waals surface area (Å²) in [5, 5.41) is 3.13. The second kappa shape index (κ2) is 7.45. The number of sulfonamides is 1. The fourth-order valence-corrected chi connectivity index (χ4v) is 4.29. The summed E-state index contributed by atoms with van der Waals surface area (Å²) in [5.74, 6) is -0.0346. The number of rotatable bonds is 5. The lowest BCUT2D eigenvalue weighted by Gasteiger charge is -2.13. The van der Waals surface area contributed by atoms with Crippen LogP contribution in [0.3, 0.4) is 0 Å². The van der Waals surface area contributed by atoms with Crippen molar-refractivity contribution >= 4 is 38.9 Å². The largest absolute Gasteiger partial charge is 0.326 e. The predicted molar refractivity (Wildman–Crippen MR) is 99.3 cm³/mol. The van der Waals surface area contributed by atoms with Gasteiger partial charge in [0.15, 0.2) is 0 Å². The molecule has 132 valence electrons. The van der Waals surface area contributed by atoms with E-state index in [1.165, 1.54) is 12.1 Å². The molecule has 0 atom stereocenters. The first-order valence-electron chi connectivity index (χ1n) is 8.14. The predicted octanol–water partition coefficient (Wildman–Crippen LogP) is 4.27. The van der Waals surface area contributed by atoms with Gasteiger partial charge in [-0.1, -0.05) is 42.6 Å². The van der Waals surface area contributed by atoms with Crippen molar-refractivity contribution in [3.8, 4) is 0 Å². The maximum atomic E-state index is 12.6. The Morgan fingerprint density at radius 3 is 2.48 bits per heavy atom. The van der Waals surface area contributed by atoms with Crippen molar-refractivity contribution in [2.45, 2.75) is 30.6 Å². The molecule has 3 rings (SSSR count). The van der Waals surface area contributed by atoms with Crippen LogP contribution in [0.2, 0.25) is 5.02 Å². The van der Waals surface area contributed by atoms with E-state index in [1.54, 1.807) is 36.4 Å². The van der Waals surface area contributed by atoms with E-state index in [0.717, 1.165) is 25.7 Å². The summed E-state index contributed by atoms with van der Waals surface area (Å²) in [6.45, 7) is 0. The normalized spacial score (nSPS) is 15.1. The highest BCUT2D eigenvalue weighted by molar-refractivity contribution is 7.92. The van der Waals surface area contributed by atoms with Crippen LogP contribution in [0.15, 0.2) is 53.4 Å². The Hall–Kier alpha value is -2.05. The molecule has 25 heavy (non-hydrogen) atoms. The van der Waals surface area contributed by atoms with Gasteiger partial charge in [-0.25, -0.2) is 8.42 Å². The summed E-state index contributed by atoms with van der Waals surface area (Å²) in [5.41, 5.74) is 0.781. The van der Waals surface area contributed by atoms with E-state index in [9.17, 15) is 13.2 Å². The van der Waals surface area contributed by atoms with Crippen LogP contribution in [0.5, 0.6) is 0 Å². The molecule has 2 aromatic carbocycles. The van der Waals surface area contributed by atoms with E-state index in [4.69, 9.17) is 11.6 Å². The van der Waals surface area contributed by atoms with Crippen molar-refractivity contribution in [1.82, 2.24) is 0 Å². The third-order valence-electron chi connectivity index (χ3n) is 4.26. The van der Waals surface area contributed by atoms with Crippen LogP contribution in [0.4, 0.5) is 11.4 Å². The molecule has 0 spiro atoms. The van der Waals surface area contributed by atoms with Crippen molar-refractivity contribution in [2.75, 3.05) is 10.0 Å². The highest BCUT2D eigenvalue weighted by Crippen LogP contribution is 2.27. The monoisotopic (exact) mass is 378 g/mol. The van der Waals surface area contributed by atoms with Gasteiger partial charge in [-0.2, -0.15) is 0 Å². The van der Waals surface area contributed by atoms with E-state index < -0.39 is 10.0 Å². The molecule has 0 heterocycles. The number of halogens is 1. The molecule has 0 bridgehead atoms. The van der Waals surface area contributed by atoms with Gasteiger partial charge in [0.25, 0.3) is 10.0 Å². The Balaban J connectivity index is 1.78. The van der Waals surface area contributed by atoms with Gasteiger partial charge in [0.2, 0.25) is 5.91 Å². The first-order valence-corrected chi connectivity index (χ1v) is 10.00. The number of anilines is 2. The van der Waals surface area contributed by atoms with Gasteiger partial charge in [-0.05, 0) is 43.2 Å². The molecule has 0 aliphatic heterocycles. The number of nitrogens with one attached hydrogen (secondary N) is 2. The molecule has 1 saturated carbocycles. The molecule has 0 unspecified atom stereocenters. The molecule has 0 radical (unpaired) electrons. The molecule has 5 nitrogen and oxygen atoms in total. The zero-order valence-corrected chi connectivity index (χ0v) is 15.1. The number of hydrogen-bond donors (Lipinski definition) is 2. The van der Waals surface area contributed by atoms with Gasteiger partial charge in [0.1, 0.15) is 0 Å². The standard InChI is InChI=1S/C18H19ClN2O3S/c19-16-10-3-4-11-17(16)21-25(23,24)15-9-5-8-14(12-15)20-18(22)13-6-1-2-7-13/h3-5,8-13,21H,1-2,6-7H2,(H,20,22). The van der Waals surface area contributed by atoms with Crippen molar-refractivity contribution < 1.29 is 13.2 Å². The molecule has 2 aromatic rings. The number of carbonyl (C=O) groups is 1. The average molecular weight is 379 g/mol. The summed E-state index contributed by atoms with van der Waals surface area (Å²) in [4.78, 5) is 12.3. The van der Waals surface area contributed by atoms with Crippen LogP contribution in [0, 0.1) is 5.92 Å². The van der Waals surface area contributed by atoms with Crippen molar-refractivity contribution in [2.24, 2.45) is 5.92 Å². The Morgan fingerprint density at radius 1 is 1.04 bits per heavy atom. The quantitative estimate of drug-likeness (QED) is 0.815. The molecule has 0 aromatic heterocycles. The summed E-state index contributed by atoms with van der Waals surface area (Å²) in [6.07, 6.45) is 3.90. The van der Waals surface area contributed by atoms with E-state index in [2.05, 4.69) is 10.0 Å². The lowest BCUT2D eigenvalue weighted by molar-refractivity contribution is -0.119. The third-order valence-corrected chi connectivity index (χ3v) is 5.95. The summed E-state index contributed by atoms with van der Waals surface area (Å²) < 4.78 is 27.6. The fraction of sp³-hybridized carbons (Fsp3) is 0.278. The van der Waals surface area contributed by atoms with E-state index >= 15 is 0 Å². The molecule has 7 heteroatoms. The van der Waals surface area contributed by atoms with Gasteiger partial charge in [-0.15, -0.1) is 0 Å². The molecule has 1 amide bonds. The van der Waals surface area contributed by atoms with Crippen LogP contribution < -0.4 is 10.0 Å². The zero-order valence-electron chi connectivity index (χ0n) is 13.5. The first-order chi connectivity index (χ1) is 12.0. The molecular weight excluding hydrogens is 360 g/mol. The van der Waals surface area contributed by atoms with Crippen LogP contribution in [0.25, 0.3) is 0 Å². The minimum Gasteiger partial charge on any atom is -0.326 e. The molecule has 2 N–H and O–H groups in total. The van der Waals surface area contributed by atoms with Gasteiger partial charge in [-0.3, -0.25) is 9.52 Å². The van der Waals surface area contributed by atoms with Crippen molar-refractivity contribution in [3.05, 3.63) is 53.6 Å². The number of carbonyl (C=O) groups excluding carboxylic acids is 1. The van der Waals surface area contributed by atoms with Gasteiger partial charge >= 0.3 is 0 Å². The topological polar surface area (TPSA) is 75.3 Å². The minimum absolute atomic E-state index is 0.0153. The number of hydrogen-bond acceptors (Lipinski definition) is 3. The van der Waals surface area contributed by atoms with Gasteiger partial charge < -0.3 is 5.32 Å². The Labute approximate surface area is 152 Å². The van der Waals surface area contributed by atoms with Crippen LogP contribution >= 0.6 is 11.6 Å². The summed E-state index contributed by atoms with van der Waals surface area (Å²) >= 11 is 6.01. The minimum atomic E-state index is -3.80. The molecule has 1 aliphatic rings. The Bertz CT molecular complexity index is 877. The van der Waals surface area contributed by atoms with E-state index in [0.29, 0.717) is 16.4 Å². The highest BCUT2D eigenvalue weighted by Gasteiger charge is 2.23. The smallest absolute Gasteiger partial charge is 0.262 e. The SMILES string of the molecule is O=C(Nc1cccc(S(=O)(=O)Nc2ccccc2Cl)c1)C1CCCC1. The second-order valence-corrected chi connectivity index (χ2v) is 8.17. The van der Waals surface area contributed by atoms with Crippen molar-refractivity contribution in [1.29, 1.82) is 0 Å². The maximum absolute atomic E-state index is 12.6. The fourth-order valence-electron chi connectivity index (χ4n) is 2.92. The second-order valence-electron chi connectivity index (χ2n) is 6.08. The van der Waals surface area contributed by atoms with E-state index in [1.807, 2.05) is 0 Å². The van der Waals surface area contributed by atoms with Gasteiger partial charge in [0.05, 0.1) is 15.6 Å². The maximum Gasteiger partial charge on any atom is 0.262 e. The Morgan fingerprint density at radius 2 is 1.76 bits per heavy atom. The molecule has 1 fully saturated rings. The molecule has 1 aliphatic carbocycles. The number of para-hydroxylation sites is 1.